The van der Waals surface area contributed by atoms with Crippen molar-refractivity contribution in [2.45, 2.75) is 19.8 Å². The second-order valence-corrected chi connectivity index (χ2v) is 4.40. The number of esters is 1. The van der Waals surface area contributed by atoms with E-state index in [1.165, 1.54) is 12.8 Å². The average Bonchev–Trinajstić information content (AvgIpc) is 2.92. The van der Waals surface area contributed by atoms with Gasteiger partial charge in [-0.25, -0.2) is 4.79 Å². The second kappa shape index (κ2) is 5.76. The van der Waals surface area contributed by atoms with Crippen LogP contribution >= 0.6 is 0 Å². The minimum Gasteiger partial charge on any atom is -0.462 e. The summed E-state index contributed by atoms with van der Waals surface area (Å²) in [6, 6.07) is 5.87. The number of benzene rings is 1. The minimum absolute atomic E-state index is 0.239. The summed E-state index contributed by atoms with van der Waals surface area (Å²) in [6.45, 7) is 4.27. The summed E-state index contributed by atoms with van der Waals surface area (Å²) in [7, 11) is 1.85. The Morgan fingerprint density at radius 2 is 2.11 bits per heavy atom. The summed E-state index contributed by atoms with van der Waals surface area (Å²) in [5.74, 6) is -0.239. The van der Waals surface area contributed by atoms with Gasteiger partial charge in [-0.15, -0.1) is 0 Å². The van der Waals surface area contributed by atoms with Crippen LogP contribution in [-0.2, 0) is 4.74 Å². The van der Waals surface area contributed by atoms with Crippen LogP contribution in [0.4, 0.5) is 11.4 Å². The van der Waals surface area contributed by atoms with Crippen molar-refractivity contribution in [3.05, 3.63) is 23.8 Å². The zero-order chi connectivity index (χ0) is 13.0. The Kier molecular flexibility index (Phi) is 4.07. The molecule has 0 aromatic heterocycles. The van der Waals surface area contributed by atoms with E-state index in [0.29, 0.717) is 12.2 Å². The van der Waals surface area contributed by atoms with Gasteiger partial charge in [0.1, 0.15) is 0 Å². The van der Waals surface area contributed by atoms with E-state index in [2.05, 4.69) is 10.2 Å². The van der Waals surface area contributed by atoms with E-state index in [-0.39, 0.29) is 5.97 Å². The molecule has 0 bridgehead atoms. The van der Waals surface area contributed by atoms with Crippen molar-refractivity contribution < 1.29 is 9.53 Å². The largest absolute Gasteiger partial charge is 0.462 e. The van der Waals surface area contributed by atoms with Crippen LogP contribution in [0.5, 0.6) is 0 Å². The summed E-state index contributed by atoms with van der Waals surface area (Å²) >= 11 is 0. The van der Waals surface area contributed by atoms with Gasteiger partial charge in [0.25, 0.3) is 0 Å². The molecule has 1 fully saturated rings. The third-order valence-corrected chi connectivity index (χ3v) is 3.23. The molecule has 0 radical (unpaired) electrons. The number of ether oxygens (including phenoxy) is 1. The van der Waals surface area contributed by atoms with Gasteiger partial charge in [-0.2, -0.15) is 0 Å². The predicted octanol–water partition coefficient (Wildman–Crippen LogP) is 2.51. The average molecular weight is 248 g/mol. The highest BCUT2D eigenvalue weighted by molar-refractivity contribution is 5.97. The monoisotopic (exact) mass is 248 g/mol. The van der Waals surface area contributed by atoms with Crippen LogP contribution in [0, 0.1) is 0 Å². The lowest BCUT2D eigenvalue weighted by Crippen LogP contribution is -2.21. The van der Waals surface area contributed by atoms with Crippen molar-refractivity contribution in [1.82, 2.24) is 0 Å². The number of nitrogens with zero attached hydrogens (tertiary/aromatic N) is 1. The van der Waals surface area contributed by atoms with E-state index in [1.807, 2.05) is 32.2 Å². The molecule has 0 aliphatic carbocycles. The van der Waals surface area contributed by atoms with Crippen LogP contribution < -0.4 is 10.2 Å². The van der Waals surface area contributed by atoms with Crippen molar-refractivity contribution in [2.24, 2.45) is 0 Å². The molecule has 0 saturated carbocycles. The molecule has 1 aliphatic rings. The maximum atomic E-state index is 12.0. The Hall–Kier alpha value is -1.71. The molecule has 1 aromatic carbocycles. The van der Waals surface area contributed by atoms with E-state index >= 15 is 0 Å². The highest BCUT2D eigenvalue weighted by atomic mass is 16.5. The Morgan fingerprint density at radius 3 is 2.72 bits per heavy atom. The first-order valence-electron chi connectivity index (χ1n) is 6.50. The molecule has 1 heterocycles. The summed E-state index contributed by atoms with van der Waals surface area (Å²) in [4.78, 5) is 14.3. The van der Waals surface area contributed by atoms with Crippen LogP contribution in [0.25, 0.3) is 0 Å². The van der Waals surface area contributed by atoms with Gasteiger partial charge in [0.05, 0.1) is 17.9 Å². The Morgan fingerprint density at radius 1 is 1.39 bits per heavy atom. The van der Waals surface area contributed by atoms with E-state index in [4.69, 9.17) is 4.74 Å². The van der Waals surface area contributed by atoms with Crippen molar-refractivity contribution in [3.63, 3.8) is 0 Å². The summed E-state index contributed by atoms with van der Waals surface area (Å²) < 4.78 is 5.13. The van der Waals surface area contributed by atoms with Crippen LogP contribution in [-0.4, -0.2) is 32.7 Å². The van der Waals surface area contributed by atoms with Crippen LogP contribution in [0.3, 0.4) is 0 Å². The van der Waals surface area contributed by atoms with Gasteiger partial charge >= 0.3 is 5.97 Å². The standard InChI is InChI=1S/C14H20N2O2/c1-3-18-14(17)12-10-11(15-2)6-7-13(12)16-8-4-5-9-16/h6-7,10,15H,3-5,8-9H2,1-2H3. The Balaban J connectivity index is 2.34. The number of anilines is 2. The number of rotatable bonds is 4. The third kappa shape index (κ3) is 2.58. The maximum Gasteiger partial charge on any atom is 0.340 e. The molecule has 1 N–H and O–H groups in total. The lowest BCUT2D eigenvalue weighted by atomic mass is 10.1. The van der Waals surface area contributed by atoms with Crippen LogP contribution in [0.2, 0.25) is 0 Å². The zero-order valence-corrected chi connectivity index (χ0v) is 11.0. The normalized spacial score (nSPS) is 14.7. The number of hydrogen-bond acceptors (Lipinski definition) is 4. The number of hydrogen-bond donors (Lipinski definition) is 1. The Labute approximate surface area is 108 Å². The molecule has 1 aliphatic heterocycles. The van der Waals surface area contributed by atoms with Crippen molar-refractivity contribution in [3.8, 4) is 0 Å². The first kappa shape index (κ1) is 12.7. The van der Waals surface area contributed by atoms with Gasteiger partial charge in [-0.1, -0.05) is 0 Å². The molecule has 98 valence electrons. The van der Waals surface area contributed by atoms with Crippen LogP contribution in [0.1, 0.15) is 30.1 Å². The lowest BCUT2D eigenvalue weighted by molar-refractivity contribution is 0.0527. The van der Waals surface area contributed by atoms with E-state index in [1.54, 1.807) is 0 Å². The molecule has 1 aromatic rings. The number of carbonyl (C=O) groups excluding carboxylic acids is 1. The van der Waals surface area contributed by atoms with Gasteiger partial charge in [0.2, 0.25) is 0 Å². The smallest absolute Gasteiger partial charge is 0.340 e. The highest BCUT2D eigenvalue weighted by Crippen LogP contribution is 2.28. The molecular weight excluding hydrogens is 228 g/mol. The molecule has 0 atom stereocenters. The lowest BCUT2D eigenvalue weighted by Gasteiger charge is -2.21. The van der Waals surface area contributed by atoms with Gasteiger partial charge in [-0.3, -0.25) is 0 Å². The van der Waals surface area contributed by atoms with Crippen LogP contribution in [0.15, 0.2) is 18.2 Å². The molecule has 0 spiro atoms. The number of nitrogens with one attached hydrogen (secondary N) is 1. The second-order valence-electron chi connectivity index (χ2n) is 4.40. The molecule has 4 heteroatoms. The fraction of sp³-hybridized carbons (Fsp3) is 0.500. The van der Waals surface area contributed by atoms with E-state index in [9.17, 15) is 4.79 Å². The van der Waals surface area contributed by atoms with E-state index < -0.39 is 0 Å². The molecule has 2 rings (SSSR count). The maximum absolute atomic E-state index is 12.0. The first-order chi connectivity index (χ1) is 8.76. The summed E-state index contributed by atoms with van der Waals surface area (Å²) in [5.41, 5.74) is 2.58. The van der Waals surface area contributed by atoms with Gasteiger partial charge in [0.15, 0.2) is 0 Å². The Bertz CT molecular complexity index is 426. The van der Waals surface area contributed by atoms with Crippen molar-refractivity contribution in [1.29, 1.82) is 0 Å². The van der Waals surface area contributed by atoms with Gasteiger partial charge < -0.3 is 15.0 Å². The van der Waals surface area contributed by atoms with Crippen molar-refractivity contribution >= 4 is 17.3 Å². The molecule has 0 amide bonds. The molecule has 18 heavy (non-hydrogen) atoms. The zero-order valence-electron chi connectivity index (χ0n) is 11.0. The SMILES string of the molecule is CCOC(=O)c1cc(NC)ccc1N1CCCC1. The third-order valence-electron chi connectivity index (χ3n) is 3.23. The summed E-state index contributed by atoms with van der Waals surface area (Å²) in [5, 5.41) is 3.06. The van der Waals surface area contributed by atoms with Crippen molar-refractivity contribution in [2.75, 3.05) is 37.0 Å². The highest BCUT2D eigenvalue weighted by Gasteiger charge is 2.20. The molecular formula is C14H20N2O2. The summed E-state index contributed by atoms with van der Waals surface area (Å²) in [6.07, 6.45) is 2.38. The molecule has 4 nitrogen and oxygen atoms in total. The molecule has 0 unspecified atom stereocenters. The van der Waals surface area contributed by atoms with E-state index in [0.717, 1.165) is 24.5 Å². The topological polar surface area (TPSA) is 41.6 Å². The predicted molar refractivity (Wildman–Crippen MR) is 73.4 cm³/mol. The number of carbonyl (C=O) groups is 1. The fourth-order valence-corrected chi connectivity index (χ4v) is 2.30. The minimum atomic E-state index is -0.239. The fourth-order valence-electron chi connectivity index (χ4n) is 2.30. The van der Waals surface area contributed by atoms with Gasteiger partial charge in [-0.05, 0) is 38.0 Å². The van der Waals surface area contributed by atoms with Gasteiger partial charge in [0, 0.05) is 25.8 Å². The quantitative estimate of drug-likeness (QED) is 0.831. The molecule has 1 saturated heterocycles. The first-order valence-corrected chi connectivity index (χ1v) is 6.50.